The van der Waals surface area contributed by atoms with Crippen molar-refractivity contribution in [1.29, 1.82) is 0 Å². The number of fused-ring (bicyclic) bond motifs is 1. The minimum Gasteiger partial charge on any atom is -0.327 e. The maximum absolute atomic E-state index is 12.0. The molecule has 1 saturated heterocycles. The van der Waals surface area contributed by atoms with Crippen molar-refractivity contribution in [2.45, 2.75) is 31.7 Å². The largest absolute Gasteiger partial charge is 0.327 e. The molecule has 1 saturated carbocycles. The van der Waals surface area contributed by atoms with E-state index in [-0.39, 0.29) is 18.3 Å². The summed E-state index contributed by atoms with van der Waals surface area (Å²) in [5.41, 5.74) is 7.11. The van der Waals surface area contributed by atoms with Crippen LogP contribution in [-0.4, -0.2) is 36.5 Å². The first kappa shape index (κ1) is 17.3. The molecule has 3 unspecified atom stereocenters. The van der Waals surface area contributed by atoms with Crippen LogP contribution in [0.3, 0.4) is 0 Å². The average Bonchev–Trinajstić information content (AvgIpc) is 2.91. The minimum absolute atomic E-state index is 0. The van der Waals surface area contributed by atoms with Crippen LogP contribution in [0.15, 0.2) is 30.3 Å². The second-order valence-corrected chi connectivity index (χ2v) is 6.44. The van der Waals surface area contributed by atoms with Crippen LogP contribution in [-0.2, 0) is 4.79 Å². The van der Waals surface area contributed by atoms with Gasteiger partial charge in [-0.15, -0.1) is 12.4 Å². The molecule has 122 valence electrons. The number of hydrogen-bond acceptors (Lipinski definition) is 3. The van der Waals surface area contributed by atoms with Crippen LogP contribution in [0.4, 0.5) is 5.69 Å². The van der Waals surface area contributed by atoms with Crippen molar-refractivity contribution in [3.8, 4) is 0 Å². The molecule has 0 radical (unpaired) electrons. The Labute approximate surface area is 138 Å². The Balaban J connectivity index is 0.00000176. The number of para-hydroxylation sites is 1. The van der Waals surface area contributed by atoms with E-state index in [4.69, 9.17) is 5.73 Å². The van der Waals surface area contributed by atoms with E-state index in [0.717, 1.165) is 31.2 Å². The Bertz CT molecular complexity index is 482. The number of rotatable bonds is 4. The SMILES string of the molecule is Cl.NC1CCCC2CN(CCC(=O)Nc3ccccc3)CC12. The number of likely N-dealkylation sites (tertiary alicyclic amines) is 1. The van der Waals surface area contributed by atoms with Gasteiger partial charge >= 0.3 is 0 Å². The number of nitrogens with one attached hydrogen (secondary N) is 1. The molecular weight excluding hydrogens is 298 g/mol. The smallest absolute Gasteiger partial charge is 0.225 e. The molecule has 2 aliphatic rings. The zero-order valence-electron chi connectivity index (χ0n) is 12.9. The molecule has 0 spiro atoms. The summed E-state index contributed by atoms with van der Waals surface area (Å²) >= 11 is 0. The number of nitrogens with zero attached hydrogens (tertiary/aromatic N) is 1. The Kier molecular flexibility index (Phi) is 6.24. The third-order valence-electron chi connectivity index (χ3n) is 4.94. The quantitative estimate of drug-likeness (QED) is 0.895. The monoisotopic (exact) mass is 323 g/mol. The van der Waals surface area contributed by atoms with Crippen LogP contribution in [0, 0.1) is 11.8 Å². The van der Waals surface area contributed by atoms with E-state index in [1.54, 1.807) is 0 Å². The molecule has 5 heteroatoms. The van der Waals surface area contributed by atoms with Gasteiger partial charge in [0.1, 0.15) is 0 Å². The molecule has 3 rings (SSSR count). The highest BCUT2D eigenvalue weighted by Gasteiger charge is 2.38. The second-order valence-electron chi connectivity index (χ2n) is 6.44. The third kappa shape index (κ3) is 4.22. The Morgan fingerprint density at radius 2 is 2.00 bits per heavy atom. The lowest BCUT2D eigenvalue weighted by Gasteiger charge is -2.29. The summed E-state index contributed by atoms with van der Waals surface area (Å²) in [5, 5.41) is 2.95. The second kappa shape index (κ2) is 7.95. The normalized spacial score (nSPS) is 27.8. The zero-order valence-corrected chi connectivity index (χ0v) is 13.7. The number of carbonyl (C=O) groups is 1. The van der Waals surface area contributed by atoms with E-state index >= 15 is 0 Å². The zero-order chi connectivity index (χ0) is 14.7. The van der Waals surface area contributed by atoms with Crippen LogP contribution >= 0.6 is 12.4 Å². The van der Waals surface area contributed by atoms with E-state index in [0.29, 0.717) is 18.4 Å². The van der Waals surface area contributed by atoms with Crippen LogP contribution in [0.25, 0.3) is 0 Å². The third-order valence-corrected chi connectivity index (χ3v) is 4.94. The lowest BCUT2D eigenvalue weighted by molar-refractivity contribution is -0.116. The summed E-state index contributed by atoms with van der Waals surface area (Å²) in [6, 6.07) is 10.0. The van der Waals surface area contributed by atoms with E-state index in [9.17, 15) is 4.79 Å². The molecule has 1 amide bonds. The lowest BCUT2D eigenvalue weighted by atomic mass is 9.78. The van der Waals surface area contributed by atoms with Gasteiger partial charge < -0.3 is 16.0 Å². The summed E-state index contributed by atoms with van der Waals surface area (Å²) in [6.45, 7) is 3.04. The number of carbonyl (C=O) groups excluding carboxylic acids is 1. The molecule has 22 heavy (non-hydrogen) atoms. The molecule has 1 aromatic rings. The summed E-state index contributed by atoms with van der Waals surface area (Å²) in [5.74, 6) is 1.50. The standard InChI is InChI=1S/C17H25N3O.ClH/c18-16-8-4-5-13-11-20(12-15(13)16)10-9-17(21)19-14-6-2-1-3-7-14;/h1-3,6-7,13,15-16H,4-5,8-12,18H2,(H,19,21);1H. The van der Waals surface area contributed by atoms with Gasteiger partial charge in [0, 0.05) is 37.8 Å². The molecular formula is C17H26ClN3O. The number of anilines is 1. The molecule has 4 nitrogen and oxygen atoms in total. The van der Waals surface area contributed by atoms with Gasteiger partial charge in [0.2, 0.25) is 5.91 Å². The van der Waals surface area contributed by atoms with Crippen molar-refractivity contribution >= 4 is 24.0 Å². The maximum atomic E-state index is 12.0. The number of benzene rings is 1. The summed E-state index contributed by atoms with van der Waals surface area (Å²) in [6.07, 6.45) is 4.31. The Morgan fingerprint density at radius 3 is 2.73 bits per heavy atom. The topological polar surface area (TPSA) is 58.4 Å². The molecule has 1 aliphatic heterocycles. The van der Waals surface area contributed by atoms with E-state index in [1.807, 2.05) is 30.3 Å². The molecule has 1 aromatic carbocycles. The van der Waals surface area contributed by atoms with Crippen LogP contribution in [0.2, 0.25) is 0 Å². The van der Waals surface area contributed by atoms with Gasteiger partial charge in [-0.05, 0) is 36.8 Å². The number of halogens is 1. The van der Waals surface area contributed by atoms with Gasteiger partial charge in [-0.1, -0.05) is 24.6 Å². The van der Waals surface area contributed by atoms with Crippen molar-refractivity contribution in [1.82, 2.24) is 4.90 Å². The fourth-order valence-electron chi connectivity index (χ4n) is 3.80. The first-order valence-corrected chi connectivity index (χ1v) is 8.05. The van der Waals surface area contributed by atoms with E-state index in [2.05, 4.69) is 10.2 Å². The van der Waals surface area contributed by atoms with Crippen LogP contribution in [0.1, 0.15) is 25.7 Å². The molecule has 0 aromatic heterocycles. The molecule has 3 N–H and O–H groups in total. The van der Waals surface area contributed by atoms with E-state index in [1.165, 1.54) is 19.3 Å². The highest BCUT2D eigenvalue weighted by Crippen LogP contribution is 2.35. The van der Waals surface area contributed by atoms with Gasteiger partial charge in [-0.3, -0.25) is 4.79 Å². The maximum Gasteiger partial charge on any atom is 0.225 e. The highest BCUT2D eigenvalue weighted by molar-refractivity contribution is 5.90. The Hall–Kier alpha value is -1.10. The molecule has 1 heterocycles. The molecule has 3 atom stereocenters. The van der Waals surface area contributed by atoms with Crippen molar-refractivity contribution in [3.63, 3.8) is 0 Å². The van der Waals surface area contributed by atoms with Gasteiger partial charge in [-0.25, -0.2) is 0 Å². The van der Waals surface area contributed by atoms with Crippen molar-refractivity contribution in [3.05, 3.63) is 30.3 Å². The van der Waals surface area contributed by atoms with Crippen LogP contribution in [0.5, 0.6) is 0 Å². The van der Waals surface area contributed by atoms with Gasteiger partial charge in [-0.2, -0.15) is 0 Å². The highest BCUT2D eigenvalue weighted by atomic mass is 35.5. The number of hydrogen-bond donors (Lipinski definition) is 2. The first-order chi connectivity index (χ1) is 10.2. The molecule has 0 bridgehead atoms. The summed E-state index contributed by atoms with van der Waals surface area (Å²) in [4.78, 5) is 14.4. The summed E-state index contributed by atoms with van der Waals surface area (Å²) in [7, 11) is 0. The van der Waals surface area contributed by atoms with Crippen molar-refractivity contribution in [2.75, 3.05) is 25.0 Å². The van der Waals surface area contributed by atoms with Crippen molar-refractivity contribution in [2.24, 2.45) is 17.6 Å². The molecule has 1 aliphatic carbocycles. The predicted molar refractivity (Wildman–Crippen MR) is 92.2 cm³/mol. The fraction of sp³-hybridized carbons (Fsp3) is 0.588. The number of amides is 1. The van der Waals surface area contributed by atoms with Gasteiger partial charge in [0.25, 0.3) is 0 Å². The fourth-order valence-corrected chi connectivity index (χ4v) is 3.80. The summed E-state index contributed by atoms with van der Waals surface area (Å²) < 4.78 is 0. The predicted octanol–water partition coefficient (Wildman–Crippen LogP) is 2.50. The first-order valence-electron chi connectivity index (χ1n) is 8.05. The Morgan fingerprint density at radius 1 is 1.23 bits per heavy atom. The van der Waals surface area contributed by atoms with Gasteiger partial charge in [0.05, 0.1) is 0 Å². The van der Waals surface area contributed by atoms with Crippen LogP contribution < -0.4 is 11.1 Å². The van der Waals surface area contributed by atoms with E-state index < -0.39 is 0 Å². The minimum atomic E-state index is 0. The molecule has 2 fully saturated rings. The van der Waals surface area contributed by atoms with Gasteiger partial charge in [0.15, 0.2) is 0 Å². The lowest BCUT2D eigenvalue weighted by Crippen LogP contribution is -2.38. The average molecular weight is 324 g/mol. The van der Waals surface area contributed by atoms with Crippen molar-refractivity contribution < 1.29 is 4.79 Å². The number of nitrogens with two attached hydrogens (primary N) is 1.